The van der Waals surface area contributed by atoms with E-state index in [-0.39, 0.29) is 42.5 Å². The molecule has 3 amide bonds. The third kappa shape index (κ3) is 6.81. The topological polar surface area (TPSA) is 177 Å². The Morgan fingerprint density at radius 1 is 0.955 bits per heavy atom. The molecule has 13 nitrogen and oxygen atoms in total. The fourth-order valence-electron chi connectivity index (χ4n) is 4.59. The van der Waals surface area contributed by atoms with Gasteiger partial charge in [0.25, 0.3) is 11.6 Å². The van der Waals surface area contributed by atoms with Crippen LogP contribution in [-0.4, -0.2) is 56.0 Å². The number of esters is 1. The molecule has 0 aromatic heterocycles. The monoisotopic (exact) mass is 618 g/mol. The van der Waals surface area contributed by atoms with E-state index in [1.807, 2.05) is 30.3 Å². The van der Waals surface area contributed by atoms with Crippen LogP contribution in [0.2, 0.25) is 0 Å². The minimum atomic E-state index is -0.950. The molecule has 44 heavy (non-hydrogen) atoms. The maximum Gasteiger partial charge on any atom is 0.411 e. The van der Waals surface area contributed by atoms with Crippen molar-refractivity contribution in [1.29, 1.82) is 0 Å². The standard InChI is InChI=1S/C30H26N4O9S/c35-23-17-44-28-25(27(37)33(28)26(23)29(38)42-15-19-10-12-21(13-11-19)34(40)41)32-24(36)14-20-8-4-5-9-22(20)31-30(39)43-16-18-6-2-1-3-7-18/h1-13,25,28,35H,14-17H2,(H,31,39)(H,32,36)/t25?,28-/m1/s1. The van der Waals surface area contributed by atoms with Crippen LogP contribution in [0.15, 0.2) is 90.3 Å². The van der Waals surface area contributed by atoms with Crippen LogP contribution >= 0.6 is 11.8 Å². The zero-order valence-corrected chi connectivity index (χ0v) is 23.8. The quantitative estimate of drug-likeness (QED) is 0.131. The fourth-order valence-corrected chi connectivity index (χ4v) is 5.79. The lowest BCUT2D eigenvalue weighted by Gasteiger charge is -2.48. The van der Waals surface area contributed by atoms with Crippen LogP contribution in [0.5, 0.6) is 0 Å². The van der Waals surface area contributed by atoms with E-state index in [9.17, 15) is 34.4 Å². The zero-order chi connectivity index (χ0) is 31.2. The highest BCUT2D eigenvalue weighted by Crippen LogP contribution is 2.40. The number of aliphatic hydroxyl groups is 1. The number of rotatable bonds is 10. The van der Waals surface area contributed by atoms with Gasteiger partial charge in [0.2, 0.25) is 5.91 Å². The number of nitro groups is 1. The third-order valence-electron chi connectivity index (χ3n) is 6.79. The molecule has 2 aliphatic rings. The van der Waals surface area contributed by atoms with Crippen molar-refractivity contribution in [2.24, 2.45) is 0 Å². The molecule has 2 atom stereocenters. The van der Waals surface area contributed by atoms with Gasteiger partial charge in [-0.15, -0.1) is 11.8 Å². The summed E-state index contributed by atoms with van der Waals surface area (Å²) in [7, 11) is 0. The molecule has 1 saturated heterocycles. The van der Waals surface area contributed by atoms with Crippen LogP contribution in [0, 0.1) is 10.1 Å². The summed E-state index contributed by atoms with van der Waals surface area (Å²) in [6.45, 7) is -0.161. The van der Waals surface area contributed by atoms with E-state index in [2.05, 4.69) is 10.6 Å². The first-order chi connectivity index (χ1) is 21.2. The number of anilines is 1. The highest BCUT2D eigenvalue weighted by molar-refractivity contribution is 8.00. The second kappa shape index (κ2) is 13.3. The molecule has 3 aromatic rings. The maximum absolute atomic E-state index is 13.0. The van der Waals surface area contributed by atoms with E-state index in [0.29, 0.717) is 16.8 Å². The summed E-state index contributed by atoms with van der Waals surface area (Å²) in [5.74, 6) is -2.35. The lowest BCUT2D eigenvalue weighted by Crippen LogP contribution is -2.70. The van der Waals surface area contributed by atoms with Gasteiger partial charge in [0.15, 0.2) is 5.70 Å². The molecule has 1 unspecified atom stereocenters. The van der Waals surface area contributed by atoms with Crippen LogP contribution in [0.1, 0.15) is 16.7 Å². The number of amides is 3. The predicted octanol–water partition coefficient (Wildman–Crippen LogP) is 3.80. The smallest absolute Gasteiger partial charge is 0.411 e. The van der Waals surface area contributed by atoms with Crippen LogP contribution in [-0.2, 0) is 43.5 Å². The first-order valence-electron chi connectivity index (χ1n) is 13.3. The Morgan fingerprint density at radius 3 is 2.34 bits per heavy atom. The Kier molecular flexibility index (Phi) is 9.09. The van der Waals surface area contributed by atoms with Gasteiger partial charge in [-0.05, 0) is 34.9 Å². The van der Waals surface area contributed by atoms with Gasteiger partial charge in [0.1, 0.15) is 30.4 Å². The number of nitrogens with zero attached hydrogens (tertiary/aromatic N) is 2. The number of benzene rings is 3. The highest BCUT2D eigenvalue weighted by Gasteiger charge is 2.54. The first kappa shape index (κ1) is 30.1. The fraction of sp³-hybridized carbons (Fsp3) is 0.200. The SMILES string of the molecule is O=C(Cc1ccccc1NC(=O)OCc1ccccc1)NC1C(=O)N2C(C(=O)OCc3ccc([N+](=O)[O-])cc3)=C(O)CS[C@H]12. The van der Waals surface area contributed by atoms with Crippen molar-refractivity contribution < 1.29 is 38.7 Å². The predicted molar refractivity (Wildman–Crippen MR) is 158 cm³/mol. The molecule has 0 saturated carbocycles. The van der Waals surface area contributed by atoms with Crippen molar-refractivity contribution in [1.82, 2.24) is 10.2 Å². The van der Waals surface area contributed by atoms with Crippen molar-refractivity contribution in [3.63, 3.8) is 0 Å². The van der Waals surface area contributed by atoms with E-state index >= 15 is 0 Å². The van der Waals surface area contributed by atoms with Gasteiger partial charge in [-0.2, -0.15) is 0 Å². The molecule has 3 aromatic carbocycles. The summed E-state index contributed by atoms with van der Waals surface area (Å²) in [6, 6.07) is 20.3. The molecule has 0 radical (unpaired) electrons. The third-order valence-corrected chi connectivity index (χ3v) is 8.06. The molecule has 226 valence electrons. The van der Waals surface area contributed by atoms with Crippen molar-refractivity contribution in [3.05, 3.63) is 117 Å². The van der Waals surface area contributed by atoms with Gasteiger partial charge in [-0.25, -0.2) is 9.59 Å². The Bertz CT molecular complexity index is 1630. The molecule has 14 heteroatoms. The van der Waals surface area contributed by atoms with Crippen LogP contribution in [0.3, 0.4) is 0 Å². The molecular formula is C30H26N4O9S. The van der Waals surface area contributed by atoms with Gasteiger partial charge < -0.3 is 19.9 Å². The largest absolute Gasteiger partial charge is 0.509 e. The summed E-state index contributed by atoms with van der Waals surface area (Å²) in [5, 5.41) is 25.9. The number of hydrogen-bond donors (Lipinski definition) is 3. The molecule has 2 heterocycles. The highest BCUT2D eigenvalue weighted by atomic mass is 32.2. The van der Waals surface area contributed by atoms with Gasteiger partial charge in [-0.1, -0.05) is 48.5 Å². The number of thioether (sulfide) groups is 1. The number of nitro benzene ring substituents is 1. The Hall–Kier alpha value is -5.37. The first-order valence-corrected chi connectivity index (χ1v) is 14.4. The minimum Gasteiger partial charge on any atom is -0.509 e. The zero-order valence-electron chi connectivity index (χ0n) is 23.0. The molecule has 1 fully saturated rings. The molecule has 2 aliphatic heterocycles. The van der Waals surface area contributed by atoms with Gasteiger partial charge in [0, 0.05) is 17.8 Å². The number of non-ortho nitro benzene ring substituents is 1. The maximum atomic E-state index is 13.0. The number of hydrogen-bond acceptors (Lipinski definition) is 10. The number of aliphatic hydroxyl groups excluding tert-OH is 1. The van der Waals surface area contributed by atoms with Gasteiger partial charge in [0.05, 0.1) is 17.1 Å². The number of carbonyl (C=O) groups is 4. The summed E-state index contributed by atoms with van der Waals surface area (Å²) in [5.41, 5.74) is 1.74. The second-order valence-corrected chi connectivity index (χ2v) is 10.9. The van der Waals surface area contributed by atoms with Crippen molar-refractivity contribution in [3.8, 4) is 0 Å². The summed E-state index contributed by atoms with van der Waals surface area (Å²) >= 11 is 1.17. The molecular weight excluding hydrogens is 592 g/mol. The number of fused-ring (bicyclic) bond motifs is 1. The molecule has 3 N–H and O–H groups in total. The van der Waals surface area contributed by atoms with Crippen molar-refractivity contribution in [2.75, 3.05) is 11.1 Å². The lowest BCUT2D eigenvalue weighted by atomic mass is 10.0. The van der Waals surface area contributed by atoms with E-state index in [1.165, 1.54) is 36.0 Å². The Balaban J connectivity index is 1.16. The van der Waals surface area contributed by atoms with E-state index in [1.54, 1.807) is 24.3 Å². The van der Waals surface area contributed by atoms with E-state index in [0.717, 1.165) is 10.5 Å². The Labute approximate surface area is 255 Å². The van der Waals surface area contributed by atoms with Gasteiger partial charge in [-0.3, -0.25) is 29.9 Å². The van der Waals surface area contributed by atoms with Crippen LogP contribution < -0.4 is 10.6 Å². The molecule has 0 aliphatic carbocycles. The van der Waals surface area contributed by atoms with Gasteiger partial charge >= 0.3 is 12.1 Å². The number of β-lactam (4-membered cyclic amide) rings is 1. The normalized spacial score (nSPS) is 17.2. The van der Waals surface area contributed by atoms with Crippen LogP contribution in [0.25, 0.3) is 0 Å². The summed E-state index contributed by atoms with van der Waals surface area (Å²) in [6.07, 6.45) is -0.841. The van der Waals surface area contributed by atoms with E-state index in [4.69, 9.17) is 9.47 Å². The number of ether oxygens (including phenoxy) is 2. The second-order valence-electron chi connectivity index (χ2n) is 9.77. The van der Waals surface area contributed by atoms with Crippen LogP contribution in [0.4, 0.5) is 16.2 Å². The number of carbonyl (C=O) groups excluding carboxylic acids is 4. The average molecular weight is 619 g/mol. The summed E-state index contributed by atoms with van der Waals surface area (Å²) in [4.78, 5) is 62.5. The Morgan fingerprint density at radius 2 is 1.61 bits per heavy atom. The molecule has 0 spiro atoms. The number of para-hydroxylation sites is 1. The van der Waals surface area contributed by atoms with Crippen molar-refractivity contribution >= 4 is 47.0 Å². The molecule has 5 rings (SSSR count). The number of nitrogens with one attached hydrogen (secondary N) is 2. The van der Waals surface area contributed by atoms with Crippen molar-refractivity contribution in [2.45, 2.75) is 31.1 Å². The molecule has 0 bridgehead atoms. The minimum absolute atomic E-state index is 0.0145. The average Bonchev–Trinajstić information content (AvgIpc) is 3.03. The summed E-state index contributed by atoms with van der Waals surface area (Å²) < 4.78 is 10.5. The lowest BCUT2D eigenvalue weighted by molar-refractivity contribution is -0.384. The van der Waals surface area contributed by atoms with E-state index < -0.39 is 40.2 Å².